The Kier molecular flexibility index (Phi) is 6.29. The molecule has 1 amide bonds. The van der Waals surface area contributed by atoms with Gasteiger partial charge in [-0.2, -0.15) is 0 Å². The minimum absolute atomic E-state index is 0.274. The van der Waals surface area contributed by atoms with E-state index in [-0.39, 0.29) is 5.91 Å². The van der Waals surface area contributed by atoms with Crippen LogP contribution in [0.25, 0.3) is 0 Å². The lowest BCUT2D eigenvalue weighted by atomic mass is 10.2. The summed E-state index contributed by atoms with van der Waals surface area (Å²) in [5.74, 6) is 1.15. The molecule has 0 bridgehead atoms. The van der Waals surface area contributed by atoms with Gasteiger partial charge in [0.15, 0.2) is 0 Å². The van der Waals surface area contributed by atoms with Gasteiger partial charge in [0, 0.05) is 50.2 Å². The van der Waals surface area contributed by atoms with Crippen LogP contribution in [0.15, 0.2) is 41.8 Å². The predicted molar refractivity (Wildman–Crippen MR) is 113 cm³/mol. The van der Waals surface area contributed by atoms with Crippen molar-refractivity contribution < 1.29 is 9.53 Å². The van der Waals surface area contributed by atoms with E-state index >= 15 is 0 Å². The largest absolute Gasteiger partial charge is 0.497 e. The Morgan fingerprint density at radius 1 is 1.14 bits per heavy atom. The van der Waals surface area contributed by atoms with Crippen LogP contribution in [0.2, 0.25) is 0 Å². The van der Waals surface area contributed by atoms with E-state index in [9.17, 15) is 4.79 Å². The maximum Gasteiger partial charge on any atom is 0.236 e. The number of carbonyl (C=O) groups excluding carboxylic acids is 1. The van der Waals surface area contributed by atoms with Crippen LogP contribution < -0.4 is 4.74 Å². The highest BCUT2D eigenvalue weighted by molar-refractivity contribution is 7.09. The molecule has 0 atom stereocenters. The Hall–Kier alpha value is -1.89. The van der Waals surface area contributed by atoms with Gasteiger partial charge in [-0.1, -0.05) is 18.2 Å². The predicted octanol–water partition coefficient (Wildman–Crippen LogP) is 3.07. The summed E-state index contributed by atoms with van der Waals surface area (Å²) in [6.07, 6.45) is 2.41. The second-order valence-corrected chi connectivity index (χ2v) is 8.75. The van der Waals surface area contributed by atoms with Crippen molar-refractivity contribution in [1.82, 2.24) is 14.7 Å². The molecule has 150 valence electrons. The van der Waals surface area contributed by atoms with Crippen molar-refractivity contribution in [3.8, 4) is 5.75 Å². The number of methoxy groups -OCH3 is 1. The molecule has 0 spiro atoms. The summed E-state index contributed by atoms with van der Waals surface area (Å²) in [6.45, 7) is 5.97. The third-order valence-electron chi connectivity index (χ3n) is 5.63. The second kappa shape index (κ2) is 9.07. The fourth-order valence-electron chi connectivity index (χ4n) is 3.77. The molecule has 2 fully saturated rings. The number of rotatable bonds is 8. The topological polar surface area (TPSA) is 36.0 Å². The normalized spacial score (nSPS) is 17.9. The van der Waals surface area contributed by atoms with Crippen molar-refractivity contribution in [2.75, 3.05) is 39.8 Å². The molecule has 2 aromatic rings. The Balaban J connectivity index is 1.27. The average Bonchev–Trinajstić information content (AvgIpc) is 3.45. The summed E-state index contributed by atoms with van der Waals surface area (Å²) in [5.41, 5.74) is 1.24. The standard InChI is InChI=1S/C22H29N3O2S/c1-27-20-8-4-18(5-9-20)15-25(19-6-7-19)17-22(26)24-12-10-23(11-13-24)16-21-3-2-14-28-21/h2-5,8-9,14,19H,6-7,10-13,15-17H2,1H3. The van der Waals surface area contributed by atoms with Crippen LogP contribution in [-0.4, -0.2) is 66.5 Å². The van der Waals surface area contributed by atoms with Crippen LogP contribution in [0.5, 0.6) is 5.75 Å². The summed E-state index contributed by atoms with van der Waals surface area (Å²) in [4.78, 5) is 21.2. The van der Waals surface area contributed by atoms with Crippen molar-refractivity contribution in [2.45, 2.75) is 32.0 Å². The van der Waals surface area contributed by atoms with Gasteiger partial charge in [-0.25, -0.2) is 0 Å². The third kappa shape index (κ3) is 5.13. The summed E-state index contributed by atoms with van der Waals surface area (Å²) < 4.78 is 5.24. The molecular formula is C22H29N3O2S. The Labute approximate surface area is 171 Å². The highest BCUT2D eigenvalue weighted by Crippen LogP contribution is 2.28. The van der Waals surface area contributed by atoms with E-state index in [4.69, 9.17) is 4.74 Å². The molecule has 1 aliphatic carbocycles. The SMILES string of the molecule is COc1ccc(CN(CC(=O)N2CCN(Cc3cccs3)CC2)C2CC2)cc1. The van der Waals surface area contributed by atoms with Crippen molar-refractivity contribution in [3.63, 3.8) is 0 Å². The van der Waals surface area contributed by atoms with Crippen molar-refractivity contribution >= 4 is 17.2 Å². The molecule has 0 unspecified atom stereocenters. The smallest absolute Gasteiger partial charge is 0.236 e. The molecule has 1 aromatic carbocycles. The molecule has 4 rings (SSSR count). The zero-order valence-electron chi connectivity index (χ0n) is 16.5. The number of hydrogen-bond acceptors (Lipinski definition) is 5. The quantitative estimate of drug-likeness (QED) is 0.684. The van der Waals surface area contributed by atoms with Crippen LogP contribution >= 0.6 is 11.3 Å². The van der Waals surface area contributed by atoms with Gasteiger partial charge in [-0.3, -0.25) is 14.6 Å². The highest BCUT2D eigenvalue weighted by Gasteiger charge is 2.32. The molecule has 2 heterocycles. The van der Waals surface area contributed by atoms with Gasteiger partial charge in [-0.05, 0) is 42.0 Å². The minimum atomic E-state index is 0.274. The summed E-state index contributed by atoms with van der Waals surface area (Å²) in [7, 11) is 1.68. The van der Waals surface area contributed by atoms with E-state index in [1.807, 2.05) is 28.4 Å². The van der Waals surface area contributed by atoms with Crippen LogP contribution in [0.1, 0.15) is 23.3 Å². The molecule has 6 heteroatoms. The zero-order valence-corrected chi connectivity index (χ0v) is 17.4. The number of carbonyl (C=O) groups is 1. The number of nitrogens with zero attached hydrogens (tertiary/aromatic N) is 3. The Morgan fingerprint density at radius 2 is 1.89 bits per heavy atom. The summed E-state index contributed by atoms with van der Waals surface area (Å²) >= 11 is 1.81. The number of ether oxygens (including phenoxy) is 1. The number of thiophene rings is 1. The minimum Gasteiger partial charge on any atom is -0.497 e. The highest BCUT2D eigenvalue weighted by atomic mass is 32.1. The number of amides is 1. The number of hydrogen-bond donors (Lipinski definition) is 0. The van der Waals surface area contributed by atoms with Gasteiger partial charge in [0.2, 0.25) is 5.91 Å². The molecule has 1 aromatic heterocycles. The van der Waals surface area contributed by atoms with Crippen LogP contribution in [0, 0.1) is 0 Å². The summed E-state index contributed by atoms with van der Waals surface area (Å²) in [5, 5.41) is 2.13. The van der Waals surface area contributed by atoms with E-state index in [2.05, 4.69) is 39.4 Å². The Bertz CT molecular complexity index is 751. The zero-order chi connectivity index (χ0) is 19.3. The van der Waals surface area contributed by atoms with Gasteiger partial charge >= 0.3 is 0 Å². The maximum atomic E-state index is 12.9. The lowest BCUT2D eigenvalue weighted by Gasteiger charge is -2.35. The van der Waals surface area contributed by atoms with Crippen LogP contribution in [0.3, 0.4) is 0 Å². The van der Waals surface area contributed by atoms with Gasteiger partial charge in [-0.15, -0.1) is 11.3 Å². The second-order valence-electron chi connectivity index (χ2n) is 7.72. The average molecular weight is 400 g/mol. The van der Waals surface area contributed by atoms with E-state index in [0.29, 0.717) is 12.6 Å². The first-order valence-electron chi connectivity index (χ1n) is 10.1. The van der Waals surface area contributed by atoms with E-state index in [1.165, 1.54) is 23.3 Å². The van der Waals surface area contributed by atoms with E-state index < -0.39 is 0 Å². The molecule has 0 N–H and O–H groups in total. The number of piperazine rings is 1. The lowest BCUT2D eigenvalue weighted by Crippen LogP contribution is -2.51. The molecule has 0 radical (unpaired) electrons. The van der Waals surface area contributed by atoms with Crippen molar-refractivity contribution in [1.29, 1.82) is 0 Å². The van der Waals surface area contributed by atoms with Gasteiger partial charge in [0.1, 0.15) is 5.75 Å². The molecular weight excluding hydrogens is 370 g/mol. The van der Waals surface area contributed by atoms with Gasteiger partial charge in [0.05, 0.1) is 13.7 Å². The van der Waals surface area contributed by atoms with E-state index in [1.54, 1.807) is 7.11 Å². The molecule has 1 saturated heterocycles. The van der Waals surface area contributed by atoms with E-state index in [0.717, 1.165) is 45.0 Å². The first kappa shape index (κ1) is 19.4. The number of benzene rings is 1. The van der Waals surface area contributed by atoms with Gasteiger partial charge < -0.3 is 9.64 Å². The van der Waals surface area contributed by atoms with Crippen molar-refractivity contribution in [3.05, 3.63) is 52.2 Å². The summed E-state index contributed by atoms with van der Waals surface area (Å²) in [6, 6.07) is 13.0. The first-order valence-corrected chi connectivity index (χ1v) is 11.0. The van der Waals surface area contributed by atoms with Crippen LogP contribution in [-0.2, 0) is 17.9 Å². The molecule has 5 nitrogen and oxygen atoms in total. The van der Waals surface area contributed by atoms with Gasteiger partial charge in [0.25, 0.3) is 0 Å². The maximum absolute atomic E-state index is 12.9. The lowest BCUT2D eigenvalue weighted by molar-refractivity contribution is -0.134. The molecule has 1 aliphatic heterocycles. The molecule has 2 aliphatic rings. The molecule has 28 heavy (non-hydrogen) atoms. The fraction of sp³-hybridized carbons (Fsp3) is 0.500. The fourth-order valence-corrected chi connectivity index (χ4v) is 4.52. The van der Waals surface area contributed by atoms with Crippen molar-refractivity contribution in [2.24, 2.45) is 0 Å². The van der Waals surface area contributed by atoms with Crippen LogP contribution in [0.4, 0.5) is 0 Å². The molecule has 1 saturated carbocycles. The third-order valence-corrected chi connectivity index (χ3v) is 6.49. The monoisotopic (exact) mass is 399 g/mol. The Morgan fingerprint density at radius 3 is 2.50 bits per heavy atom. The first-order chi connectivity index (χ1) is 13.7.